The number of ether oxygens (including phenoxy) is 1. The number of fused-ring (bicyclic) bond motifs is 5. The lowest BCUT2D eigenvalue weighted by atomic mass is 9.44. The first-order valence-corrected chi connectivity index (χ1v) is 17.5. The summed E-state index contributed by atoms with van der Waals surface area (Å²) in [7, 11) is 0. The molecule has 40 heavy (non-hydrogen) atoms. The summed E-state index contributed by atoms with van der Waals surface area (Å²) >= 11 is 0. The molecule has 0 radical (unpaired) electrons. The maximum absolute atomic E-state index is 11.8. The van der Waals surface area contributed by atoms with Gasteiger partial charge in [-0.25, -0.2) is 4.79 Å². The quantitative estimate of drug-likeness (QED) is 0.182. The summed E-state index contributed by atoms with van der Waals surface area (Å²) in [5.41, 5.74) is 7.67. The zero-order valence-corrected chi connectivity index (χ0v) is 27.3. The van der Waals surface area contributed by atoms with Crippen molar-refractivity contribution in [3.05, 3.63) is 12.2 Å². The van der Waals surface area contributed by atoms with Crippen LogP contribution in [-0.2, 0) is 9.53 Å². The highest BCUT2D eigenvalue weighted by atomic mass is 16.5. The summed E-state index contributed by atoms with van der Waals surface area (Å²) in [6.45, 7) is 19.3. The third kappa shape index (κ3) is 6.86. The summed E-state index contributed by atoms with van der Waals surface area (Å²) in [5, 5.41) is 0. The Morgan fingerprint density at radius 2 is 1.65 bits per heavy atom. The van der Waals surface area contributed by atoms with E-state index in [2.05, 4.69) is 41.2 Å². The Morgan fingerprint density at radius 3 is 2.35 bits per heavy atom. The zero-order chi connectivity index (χ0) is 29.1. The number of carbonyl (C=O) groups excluding carboxylic acids is 1. The number of carbonyl (C=O) groups is 1. The number of hydrogen-bond donors (Lipinski definition) is 1. The second-order valence-electron chi connectivity index (χ2n) is 16.2. The van der Waals surface area contributed by atoms with Gasteiger partial charge in [0.25, 0.3) is 0 Å². The third-order valence-electron chi connectivity index (χ3n) is 13.3. The van der Waals surface area contributed by atoms with Gasteiger partial charge in [0.1, 0.15) is 0 Å². The van der Waals surface area contributed by atoms with E-state index in [0.29, 0.717) is 29.6 Å². The fraction of sp³-hybridized carbons (Fsp3) is 0.919. The molecular weight excluding hydrogens is 490 g/mol. The predicted octanol–water partition coefficient (Wildman–Crippen LogP) is 9.59. The van der Waals surface area contributed by atoms with Gasteiger partial charge in [0.15, 0.2) is 0 Å². The molecule has 0 aromatic heterocycles. The highest BCUT2D eigenvalue weighted by Gasteiger charge is 2.60. The lowest BCUT2D eigenvalue weighted by Gasteiger charge is -2.61. The van der Waals surface area contributed by atoms with Gasteiger partial charge in [-0.05, 0) is 136 Å². The van der Waals surface area contributed by atoms with E-state index in [4.69, 9.17) is 10.5 Å². The van der Waals surface area contributed by atoms with Gasteiger partial charge in [0.05, 0.1) is 6.61 Å². The minimum atomic E-state index is -0.284. The first-order valence-electron chi connectivity index (χ1n) is 17.5. The van der Waals surface area contributed by atoms with E-state index in [1.807, 2.05) is 0 Å². The van der Waals surface area contributed by atoms with Crippen LogP contribution in [0, 0.1) is 64.1 Å². The second-order valence-corrected chi connectivity index (χ2v) is 16.2. The van der Waals surface area contributed by atoms with E-state index in [9.17, 15) is 4.79 Å². The number of rotatable bonds is 13. The Bertz CT molecular complexity index is 851. The standard InChI is InChI=1S/C37H65NO2/c1-25(2)10-8-11-27(5)32-16-17-33-31-15-14-30-22-28(12-9-13-29(23-38)24-40-35(39)26(3)4)18-20-36(30,6)34(31)19-21-37(32,33)7/h25,27-34H,3,8-24,38H2,1-2,4-7H3/t27-,28+,29?,30+,31+,32?,33+,34+,36+,37-/m1/s1. The fourth-order valence-corrected chi connectivity index (χ4v) is 10.9. The van der Waals surface area contributed by atoms with E-state index in [1.165, 1.54) is 89.9 Å². The molecule has 4 saturated carbocycles. The van der Waals surface area contributed by atoms with Crippen molar-refractivity contribution >= 4 is 5.97 Å². The van der Waals surface area contributed by atoms with Crippen molar-refractivity contribution in [3.8, 4) is 0 Å². The van der Waals surface area contributed by atoms with Crippen molar-refractivity contribution in [3.63, 3.8) is 0 Å². The van der Waals surface area contributed by atoms with Crippen LogP contribution in [-0.4, -0.2) is 19.1 Å². The van der Waals surface area contributed by atoms with Gasteiger partial charge >= 0.3 is 5.97 Å². The van der Waals surface area contributed by atoms with Crippen LogP contribution in [0.15, 0.2) is 12.2 Å². The molecule has 230 valence electrons. The van der Waals surface area contributed by atoms with E-state index >= 15 is 0 Å². The van der Waals surface area contributed by atoms with E-state index < -0.39 is 0 Å². The molecule has 4 aliphatic carbocycles. The lowest BCUT2D eigenvalue weighted by molar-refractivity contribution is -0.140. The van der Waals surface area contributed by atoms with E-state index in [0.717, 1.165) is 53.8 Å². The molecule has 3 heteroatoms. The summed E-state index contributed by atoms with van der Waals surface area (Å²) in [6, 6.07) is 0. The molecule has 4 aliphatic rings. The van der Waals surface area contributed by atoms with Crippen LogP contribution in [0.3, 0.4) is 0 Å². The summed E-state index contributed by atoms with van der Waals surface area (Å²) in [6.07, 6.45) is 21.2. The summed E-state index contributed by atoms with van der Waals surface area (Å²) < 4.78 is 5.40. The van der Waals surface area contributed by atoms with Crippen LogP contribution in [0.1, 0.15) is 138 Å². The monoisotopic (exact) mass is 556 g/mol. The second kappa shape index (κ2) is 13.6. The van der Waals surface area contributed by atoms with Gasteiger partial charge in [-0.1, -0.05) is 73.3 Å². The van der Waals surface area contributed by atoms with Crippen molar-refractivity contribution in [1.29, 1.82) is 0 Å². The molecule has 10 atom stereocenters. The molecule has 0 aromatic carbocycles. The first-order chi connectivity index (χ1) is 19.0. The molecule has 0 aliphatic heterocycles. The number of nitrogens with two attached hydrogens (primary N) is 1. The van der Waals surface area contributed by atoms with Gasteiger partial charge in [0, 0.05) is 11.5 Å². The van der Waals surface area contributed by atoms with Crippen molar-refractivity contribution in [2.45, 2.75) is 138 Å². The predicted molar refractivity (Wildman–Crippen MR) is 169 cm³/mol. The van der Waals surface area contributed by atoms with Gasteiger partial charge in [0.2, 0.25) is 0 Å². The molecular formula is C37H65NO2. The van der Waals surface area contributed by atoms with E-state index in [1.54, 1.807) is 6.92 Å². The Labute approximate surface area is 248 Å². The van der Waals surface area contributed by atoms with E-state index in [-0.39, 0.29) is 11.9 Å². The van der Waals surface area contributed by atoms with Crippen LogP contribution in [0.4, 0.5) is 0 Å². The van der Waals surface area contributed by atoms with Gasteiger partial charge in [-0.2, -0.15) is 0 Å². The number of esters is 1. The Hall–Kier alpha value is -0.830. The molecule has 0 amide bonds. The molecule has 4 rings (SSSR count). The Morgan fingerprint density at radius 1 is 0.925 bits per heavy atom. The average Bonchev–Trinajstić information content (AvgIpc) is 3.27. The van der Waals surface area contributed by atoms with Crippen LogP contribution < -0.4 is 5.73 Å². The maximum Gasteiger partial charge on any atom is 0.333 e. The highest BCUT2D eigenvalue weighted by Crippen LogP contribution is 2.68. The molecule has 0 bridgehead atoms. The summed E-state index contributed by atoms with van der Waals surface area (Å²) in [5.74, 6) is 7.49. The van der Waals surface area contributed by atoms with Crippen molar-refractivity contribution in [1.82, 2.24) is 0 Å². The minimum absolute atomic E-state index is 0.275. The topological polar surface area (TPSA) is 52.3 Å². The van der Waals surface area contributed by atoms with Gasteiger partial charge < -0.3 is 10.5 Å². The molecule has 2 N–H and O–H groups in total. The highest BCUT2D eigenvalue weighted by molar-refractivity contribution is 5.86. The Balaban J connectivity index is 1.28. The average molecular weight is 556 g/mol. The van der Waals surface area contributed by atoms with Crippen LogP contribution in [0.5, 0.6) is 0 Å². The summed E-state index contributed by atoms with van der Waals surface area (Å²) in [4.78, 5) is 11.8. The molecule has 0 saturated heterocycles. The molecule has 4 fully saturated rings. The minimum Gasteiger partial charge on any atom is -0.462 e. The van der Waals surface area contributed by atoms with Crippen LogP contribution in [0.25, 0.3) is 0 Å². The van der Waals surface area contributed by atoms with Crippen LogP contribution in [0.2, 0.25) is 0 Å². The van der Waals surface area contributed by atoms with Crippen LogP contribution >= 0.6 is 0 Å². The first kappa shape index (κ1) is 32.1. The van der Waals surface area contributed by atoms with Gasteiger partial charge in [-0.15, -0.1) is 0 Å². The lowest BCUT2D eigenvalue weighted by Crippen LogP contribution is -2.53. The zero-order valence-electron chi connectivity index (χ0n) is 27.3. The van der Waals surface area contributed by atoms with Crippen molar-refractivity contribution in [2.24, 2.45) is 69.8 Å². The van der Waals surface area contributed by atoms with Crippen molar-refractivity contribution < 1.29 is 9.53 Å². The SMILES string of the molecule is C=C(C)C(=O)OCC(CN)CCC[C@H]1CC[C@@]2(C)[C@@H](CC[C@@H]3[C@@H]2CC[C@]2(C)C([C@H](C)CCCC(C)C)CC[C@@H]32)C1. The Kier molecular flexibility index (Phi) is 10.9. The molecule has 3 nitrogen and oxygen atoms in total. The largest absolute Gasteiger partial charge is 0.462 e. The maximum atomic E-state index is 11.8. The third-order valence-corrected chi connectivity index (χ3v) is 13.3. The fourth-order valence-electron chi connectivity index (χ4n) is 10.9. The van der Waals surface area contributed by atoms with Gasteiger partial charge in [-0.3, -0.25) is 0 Å². The molecule has 0 heterocycles. The molecule has 0 aromatic rings. The normalized spacial score (nSPS) is 38.7. The van der Waals surface area contributed by atoms with Crippen molar-refractivity contribution in [2.75, 3.05) is 13.2 Å². The smallest absolute Gasteiger partial charge is 0.333 e. The number of hydrogen-bond acceptors (Lipinski definition) is 3. The molecule has 2 unspecified atom stereocenters. The molecule has 0 spiro atoms.